The first-order valence-electron chi connectivity index (χ1n) is 6.74. The molecule has 0 aliphatic rings. The van der Waals surface area contributed by atoms with Crippen LogP contribution >= 0.6 is 0 Å². The Morgan fingerprint density at radius 2 is 1.80 bits per heavy atom. The monoisotopic (exact) mass is 281 g/mol. The molecule has 6 N–H and O–H groups in total. The van der Waals surface area contributed by atoms with Gasteiger partial charge in [-0.3, -0.25) is 10.1 Å². The van der Waals surface area contributed by atoms with E-state index in [1.165, 1.54) is 12.1 Å². The fourth-order valence-electron chi connectivity index (χ4n) is 1.82. The number of benzene rings is 1. The van der Waals surface area contributed by atoms with E-state index in [9.17, 15) is 10.1 Å². The summed E-state index contributed by atoms with van der Waals surface area (Å²) in [7, 11) is 0. The Morgan fingerprint density at radius 1 is 1.15 bits per heavy atom. The average Bonchev–Trinajstić information content (AvgIpc) is 2.43. The SMILES string of the molecule is NCCNCCNC[C@@H](N)Cc1ccc([N+](=O)[O-])cc1. The molecule has 0 saturated heterocycles. The van der Waals surface area contributed by atoms with Gasteiger partial charge < -0.3 is 22.1 Å². The molecule has 1 aromatic carbocycles. The minimum atomic E-state index is -0.403. The third kappa shape index (κ3) is 6.58. The van der Waals surface area contributed by atoms with E-state index >= 15 is 0 Å². The lowest BCUT2D eigenvalue weighted by molar-refractivity contribution is -0.384. The second-order valence-electron chi connectivity index (χ2n) is 4.63. The van der Waals surface area contributed by atoms with Gasteiger partial charge in [0.1, 0.15) is 0 Å². The summed E-state index contributed by atoms with van der Waals surface area (Å²) < 4.78 is 0. The molecule has 0 spiro atoms. The highest BCUT2D eigenvalue weighted by molar-refractivity contribution is 5.33. The number of hydrogen-bond donors (Lipinski definition) is 4. The van der Waals surface area contributed by atoms with Crippen molar-refractivity contribution in [2.75, 3.05) is 32.7 Å². The molecule has 0 aromatic heterocycles. The van der Waals surface area contributed by atoms with Gasteiger partial charge in [0.2, 0.25) is 0 Å². The van der Waals surface area contributed by atoms with Gasteiger partial charge >= 0.3 is 0 Å². The highest BCUT2D eigenvalue weighted by Crippen LogP contribution is 2.12. The fraction of sp³-hybridized carbons (Fsp3) is 0.538. The molecule has 0 saturated carbocycles. The van der Waals surface area contributed by atoms with Crippen LogP contribution in [-0.4, -0.2) is 43.7 Å². The van der Waals surface area contributed by atoms with Crippen LogP contribution < -0.4 is 22.1 Å². The molecule has 0 radical (unpaired) electrons. The third-order valence-electron chi connectivity index (χ3n) is 2.85. The minimum absolute atomic E-state index is 0.00837. The van der Waals surface area contributed by atoms with Crippen molar-refractivity contribution in [3.63, 3.8) is 0 Å². The zero-order valence-corrected chi connectivity index (χ0v) is 11.5. The number of nitrogens with one attached hydrogen (secondary N) is 2. The number of rotatable bonds is 10. The summed E-state index contributed by atoms with van der Waals surface area (Å²) >= 11 is 0. The molecule has 1 aromatic rings. The van der Waals surface area contributed by atoms with Crippen LogP contribution in [0.5, 0.6) is 0 Å². The molecule has 112 valence electrons. The Bertz CT molecular complexity index is 396. The van der Waals surface area contributed by atoms with Crippen molar-refractivity contribution in [1.29, 1.82) is 0 Å². The smallest absolute Gasteiger partial charge is 0.269 e. The quantitative estimate of drug-likeness (QED) is 0.263. The van der Waals surface area contributed by atoms with Gasteiger partial charge in [0.25, 0.3) is 5.69 Å². The Hall–Kier alpha value is -1.54. The van der Waals surface area contributed by atoms with E-state index in [4.69, 9.17) is 11.5 Å². The predicted molar refractivity (Wildman–Crippen MR) is 79.6 cm³/mol. The molecule has 0 fully saturated rings. The first kappa shape index (κ1) is 16.5. The van der Waals surface area contributed by atoms with Gasteiger partial charge in [-0.2, -0.15) is 0 Å². The molecule has 20 heavy (non-hydrogen) atoms. The highest BCUT2D eigenvalue weighted by atomic mass is 16.6. The molecular formula is C13H23N5O2. The minimum Gasteiger partial charge on any atom is -0.329 e. The predicted octanol–water partition coefficient (Wildman–Crippen LogP) is -0.397. The maximum Gasteiger partial charge on any atom is 0.269 e. The van der Waals surface area contributed by atoms with Crippen LogP contribution in [0.15, 0.2) is 24.3 Å². The van der Waals surface area contributed by atoms with Crippen LogP contribution in [0.2, 0.25) is 0 Å². The number of nitrogens with zero attached hydrogens (tertiary/aromatic N) is 1. The second-order valence-corrected chi connectivity index (χ2v) is 4.63. The maximum absolute atomic E-state index is 10.5. The summed E-state index contributed by atoms with van der Waals surface area (Å²) in [5, 5.41) is 17.0. The summed E-state index contributed by atoms with van der Waals surface area (Å²) in [6, 6.07) is 6.51. The molecule has 1 rings (SSSR count). The van der Waals surface area contributed by atoms with Gasteiger partial charge in [-0.05, 0) is 12.0 Å². The Kier molecular flexibility index (Phi) is 7.74. The highest BCUT2D eigenvalue weighted by Gasteiger charge is 2.07. The number of non-ortho nitro benzene ring substituents is 1. The molecule has 0 amide bonds. The lowest BCUT2D eigenvalue weighted by Gasteiger charge is -2.13. The molecule has 1 atom stereocenters. The lowest BCUT2D eigenvalue weighted by atomic mass is 10.1. The van der Waals surface area contributed by atoms with E-state index in [-0.39, 0.29) is 11.7 Å². The Labute approximate surface area is 118 Å². The van der Waals surface area contributed by atoms with E-state index in [0.29, 0.717) is 19.5 Å². The molecule has 7 heteroatoms. The summed E-state index contributed by atoms with van der Waals surface area (Å²) in [6.45, 7) is 3.87. The van der Waals surface area contributed by atoms with Crippen LogP contribution in [0.25, 0.3) is 0 Å². The molecule has 0 bridgehead atoms. The van der Waals surface area contributed by atoms with E-state index in [2.05, 4.69) is 10.6 Å². The topological polar surface area (TPSA) is 119 Å². The van der Waals surface area contributed by atoms with Crippen LogP contribution in [-0.2, 0) is 6.42 Å². The van der Waals surface area contributed by atoms with Gasteiger partial charge in [0, 0.05) is 50.9 Å². The van der Waals surface area contributed by atoms with E-state index in [1.54, 1.807) is 12.1 Å². The number of hydrogen-bond acceptors (Lipinski definition) is 6. The lowest BCUT2D eigenvalue weighted by Crippen LogP contribution is -2.39. The zero-order valence-electron chi connectivity index (χ0n) is 11.5. The number of nitrogens with two attached hydrogens (primary N) is 2. The van der Waals surface area contributed by atoms with Gasteiger partial charge in [0.05, 0.1) is 4.92 Å². The van der Waals surface area contributed by atoms with Crippen molar-refractivity contribution in [1.82, 2.24) is 10.6 Å². The number of nitro groups is 1. The second kappa shape index (κ2) is 9.38. The van der Waals surface area contributed by atoms with Crippen molar-refractivity contribution in [2.45, 2.75) is 12.5 Å². The van der Waals surface area contributed by atoms with Crippen molar-refractivity contribution in [2.24, 2.45) is 11.5 Å². The maximum atomic E-state index is 10.5. The molecule has 7 nitrogen and oxygen atoms in total. The molecule has 0 heterocycles. The first-order valence-corrected chi connectivity index (χ1v) is 6.74. The van der Waals surface area contributed by atoms with E-state index in [0.717, 1.165) is 25.2 Å². The van der Waals surface area contributed by atoms with Crippen LogP contribution in [0, 0.1) is 10.1 Å². The van der Waals surface area contributed by atoms with Crippen molar-refractivity contribution < 1.29 is 4.92 Å². The summed E-state index contributed by atoms with van der Waals surface area (Å²) in [6.07, 6.45) is 0.696. The van der Waals surface area contributed by atoms with Crippen molar-refractivity contribution in [3.05, 3.63) is 39.9 Å². The third-order valence-corrected chi connectivity index (χ3v) is 2.85. The number of nitro benzene ring substituents is 1. The van der Waals surface area contributed by atoms with Crippen LogP contribution in [0.4, 0.5) is 5.69 Å². The van der Waals surface area contributed by atoms with Crippen LogP contribution in [0.1, 0.15) is 5.56 Å². The average molecular weight is 281 g/mol. The molecule has 0 aliphatic carbocycles. The normalized spacial score (nSPS) is 12.3. The van der Waals surface area contributed by atoms with E-state index < -0.39 is 4.92 Å². The summed E-state index contributed by atoms with van der Waals surface area (Å²) in [5.74, 6) is 0. The van der Waals surface area contributed by atoms with Gasteiger partial charge in [-0.1, -0.05) is 12.1 Å². The molecule has 0 unspecified atom stereocenters. The molecule has 0 aliphatic heterocycles. The fourth-order valence-corrected chi connectivity index (χ4v) is 1.82. The van der Waals surface area contributed by atoms with Crippen molar-refractivity contribution >= 4 is 5.69 Å². The summed E-state index contributed by atoms with van der Waals surface area (Å²) in [4.78, 5) is 10.1. The van der Waals surface area contributed by atoms with E-state index in [1.807, 2.05) is 0 Å². The van der Waals surface area contributed by atoms with Gasteiger partial charge in [-0.15, -0.1) is 0 Å². The van der Waals surface area contributed by atoms with Crippen LogP contribution in [0.3, 0.4) is 0 Å². The largest absolute Gasteiger partial charge is 0.329 e. The van der Waals surface area contributed by atoms with Gasteiger partial charge in [-0.25, -0.2) is 0 Å². The summed E-state index contributed by atoms with van der Waals surface area (Å²) in [5.41, 5.74) is 12.5. The Balaban J connectivity index is 2.21. The van der Waals surface area contributed by atoms with Crippen molar-refractivity contribution in [3.8, 4) is 0 Å². The Morgan fingerprint density at radius 3 is 2.40 bits per heavy atom. The zero-order chi connectivity index (χ0) is 14.8. The standard InChI is InChI=1S/C13H23N5O2/c14-5-6-16-7-8-17-10-12(15)9-11-1-3-13(4-2-11)18(19)20/h1-4,12,16-17H,5-10,14-15H2/t12-/m0/s1. The van der Waals surface area contributed by atoms with Gasteiger partial charge in [0.15, 0.2) is 0 Å². The molecular weight excluding hydrogens is 258 g/mol. The first-order chi connectivity index (χ1) is 9.63.